The quantitative estimate of drug-likeness (QED) is 0.813. The lowest BCUT2D eigenvalue weighted by molar-refractivity contribution is 0.406. The molecule has 1 atom stereocenters. The van der Waals surface area contributed by atoms with Crippen molar-refractivity contribution in [1.29, 1.82) is 0 Å². The van der Waals surface area contributed by atoms with E-state index in [1.165, 1.54) is 9.75 Å². The van der Waals surface area contributed by atoms with Crippen molar-refractivity contribution in [3.8, 4) is 0 Å². The van der Waals surface area contributed by atoms with Gasteiger partial charge in [-0.15, -0.1) is 11.3 Å². The summed E-state index contributed by atoms with van der Waals surface area (Å²) in [6.07, 6.45) is 2.24. The first-order chi connectivity index (χ1) is 6.63. The van der Waals surface area contributed by atoms with Crippen molar-refractivity contribution < 1.29 is 0 Å². The molecule has 0 aromatic carbocycles. The number of hydrogen-bond acceptors (Lipinski definition) is 3. The van der Waals surface area contributed by atoms with Gasteiger partial charge in [0, 0.05) is 22.3 Å². The van der Waals surface area contributed by atoms with Gasteiger partial charge in [0.25, 0.3) is 0 Å². The molecule has 1 rings (SSSR count). The Balaban J connectivity index is 2.58. The summed E-state index contributed by atoms with van der Waals surface area (Å²) < 4.78 is 0. The second-order valence-corrected chi connectivity index (χ2v) is 5.14. The van der Waals surface area contributed by atoms with Gasteiger partial charge >= 0.3 is 0 Å². The number of nitrogens with two attached hydrogens (primary N) is 1. The topological polar surface area (TPSA) is 29.3 Å². The fraction of sp³-hybridized carbons (Fsp3) is 0.636. The minimum atomic E-state index is 0.237. The lowest BCUT2D eigenvalue weighted by Crippen LogP contribution is -2.09. The summed E-state index contributed by atoms with van der Waals surface area (Å²) in [6, 6.07) is 4.60. The van der Waals surface area contributed by atoms with Gasteiger partial charge < -0.3 is 10.6 Å². The first-order valence-corrected chi connectivity index (χ1v) is 5.94. The highest BCUT2D eigenvalue weighted by Gasteiger charge is 2.08. The van der Waals surface area contributed by atoms with Crippen LogP contribution in [0.15, 0.2) is 12.1 Å². The van der Waals surface area contributed by atoms with Crippen LogP contribution >= 0.6 is 11.3 Å². The maximum Gasteiger partial charge on any atom is 0.0389 e. The second-order valence-electron chi connectivity index (χ2n) is 3.94. The van der Waals surface area contributed by atoms with Gasteiger partial charge in [0.05, 0.1) is 0 Å². The number of rotatable bonds is 5. The Hall–Kier alpha value is -0.380. The molecule has 1 aromatic heterocycles. The Morgan fingerprint density at radius 2 is 2.14 bits per heavy atom. The van der Waals surface area contributed by atoms with E-state index in [4.69, 9.17) is 5.73 Å². The van der Waals surface area contributed by atoms with Crippen LogP contribution in [-0.2, 0) is 6.54 Å². The Morgan fingerprint density at radius 1 is 1.43 bits per heavy atom. The highest BCUT2D eigenvalue weighted by molar-refractivity contribution is 7.12. The van der Waals surface area contributed by atoms with Gasteiger partial charge in [0.2, 0.25) is 0 Å². The van der Waals surface area contributed by atoms with Gasteiger partial charge in [-0.2, -0.15) is 0 Å². The van der Waals surface area contributed by atoms with Gasteiger partial charge in [-0.25, -0.2) is 0 Å². The summed E-state index contributed by atoms with van der Waals surface area (Å²) in [5, 5.41) is 0. The molecule has 3 heteroatoms. The van der Waals surface area contributed by atoms with Gasteiger partial charge in [-0.1, -0.05) is 13.3 Å². The molecule has 0 aliphatic carbocycles. The van der Waals surface area contributed by atoms with Crippen LogP contribution in [0.2, 0.25) is 0 Å². The van der Waals surface area contributed by atoms with Crippen molar-refractivity contribution in [3.63, 3.8) is 0 Å². The van der Waals surface area contributed by atoms with E-state index in [0.717, 1.165) is 19.4 Å². The average molecular weight is 212 g/mol. The number of hydrogen-bond donors (Lipinski definition) is 1. The van der Waals surface area contributed by atoms with Crippen LogP contribution in [0.5, 0.6) is 0 Å². The van der Waals surface area contributed by atoms with Crippen LogP contribution < -0.4 is 5.73 Å². The van der Waals surface area contributed by atoms with Crippen molar-refractivity contribution in [2.24, 2.45) is 5.73 Å². The molecule has 2 N–H and O–H groups in total. The molecule has 0 fully saturated rings. The highest BCUT2D eigenvalue weighted by atomic mass is 32.1. The fourth-order valence-corrected chi connectivity index (χ4v) is 2.61. The SMILES string of the molecule is CCCC(N)c1ccc(CN(C)C)s1. The van der Waals surface area contributed by atoms with E-state index in [-0.39, 0.29) is 6.04 Å². The zero-order valence-corrected chi connectivity index (χ0v) is 10.1. The molecule has 14 heavy (non-hydrogen) atoms. The van der Waals surface area contributed by atoms with E-state index in [9.17, 15) is 0 Å². The Labute approximate surface area is 90.7 Å². The van der Waals surface area contributed by atoms with E-state index in [2.05, 4.69) is 38.1 Å². The minimum absolute atomic E-state index is 0.237. The molecule has 0 aliphatic rings. The molecule has 1 heterocycles. The second kappa shape index (κ2) is 5.49. The molecule has 0 aliphatic heterocycles. The van der Waals surface area contributed by atoms with E-state index < -0.39 is 0 Å². The molecule has 0 spiro atoms. The predicted octanol–water partition coefficient (Wildman–Crippen LogP) is 2.61. The monoisotopic (exact) mass is 212 g/mol. The fourth-order valence-electron chi connectivity index (χ4n) is 1.44. The van der Waals surface area contributed by atoms with E-state index in [1.54, 1.807) is 0 Å². The van der Waals surface area contributed by atoms with Crippen LogP contribution in [0.3, 0.4) is 0 Å². The van der Waals surface area contributed by atoms with Gasteiger partial charge in [0.1, 0.15) is 0 Å². The molecular weight excluding hydrogens is 192 g/mol. The normalized spacial score (nSPS) is 13.5. The van der Waals surface area contributed by atoms with Crippen molar-refractivity contribution in [2.75, 3.05) is 14.1 Å². The molecule has 0 radical (unpaired) electrons. The summed E-state index contributed by atoms with van der Waals surface area (Å²) in [4.78, 5) is 4.90. The molecule has 0 saturated carbocycles. The summed E-state index contributed by atoms with van der Waals surface area (Å²) in [6.45, 7) is 3.19. The maximum atomic E-state index is 6.05. The van der Waals surface area contributed by atoms with Crippen molar-refractivity contribution in [1.82, 2.24) is 4.90 Å². The van der Waals surface area contributed by atoms with Gasteiger partial charge in [-0.3, -0.25) is 0 Å². The summed E-state index contributed by atoms with van der Waals surface area (Å²) in [7, 11) is 4.18. The standard InChI is InChI=1S/C11H20N2S/c1-4-5-10(12)11-7-6-9(14-11)8-13(2)3/h6-7,10H,4-5,8,12H2,1-3H3. The summed E-state index contributed by atoms with van der Waals surface area (Å²) in [5.74, 6) is 0. The number of nitrogens with zero attached hydrogens (tertiary/aromatic N) is 1. The first-order valence-electron chi connectivity index (χ1n) is 5.12. The van der Waals surface area contributed by atoms with Crippen LogP contribution in [0, 0.1) is 0 Å². The smallest absolute Gasteiger partial charge is 0.0389 e. The largest absolute Gasteiger partial charge is 0.323 e. The minimum Gasteiger partial charge on any atom is -0.323 e. The molecule has 1 unspecified atom stereocenters. The van der Waals surface area contributed by atoms with Gasteiger partial charge in [-0.05, 0) is 32.6 Å². The first kappa shape index (κ1) is 11.7. The summed E-state index contributed by atoms with van der Waals surface area (Å²) >= 11 is 1.84. The van der Waals surface area contributed by atoms with Crippen LogP contribution in [0.4, 0.5) is 0 Å². The van der Waals surface area contributed by atoms with E-state index in [0.29, 0.717) is 0 Å². The van der Waals surface area contributed by atoms with Crippen LogP contribution in [0.1, 0.15) is 35.6 Å². The highest BCUT2D eigenvalue weighted by Crippen LogP contribution is 2.25. The third kappa shape index (κ3) is 3.40. The van der Waals surface area contributed by atoms with E-state index in [1.807, 2.05) is 11.3 Å². The number of thiophene rings is 1. The molecule has 0 saturated heterocycles. The molecule has 1 aromatic rings. The molecule has 80 valence electrons. The molecular formula is C11H20N2S. The van der Waals surface area contributed by atoms with Crippen molar-refractivity contribution in [3.05, 3.63) is 21.9 Å². The Bertz CT molecular complexity index is 268. The Morgan fingerprint density at radius 3 is 2.71 bits per heavy atom. The lowest BCUT2D eigenvalue weighted by atomic mass is 10.1. The zero-order valence-electron chi connectivity index (χ0n) is 9.29. The van der Waals surface area contributed by atoms with Crippen LogP contribution in [0.25, 0.3) is 0 Å². The summed E-state index contributed by atoms with van der Waals surface area (Å²) in [5.41, 5.74) is 6.05. The zero-order chi connectivity index (χ0) is 10.6. The predicted molar refractivity (Wildman–Crippen MR) is 63.5 cm³/mol. The van der Waals surface area contributed by atoms with E-state index >= 15 is 0 Å². The van der Waals surface area contributed by atoms with Crippen LogP contribution in [-0.4, -0.2) is 19.0 Å². The van der Waals surface area contributed by atoms with Crippen molar-refractivity contribution in [2.45, 2.75) is 32.4 Å². The lowest BCUT2D eigenvalue weighted by Gasteiger charge is -2.08. The average Bonchev–Trinajstić information content (AvgIpc) is 2.52. The molecule has 2 nitrogen and oxygen atoms in total. The third-order valence-corrected chi connectivity index (χ3v) is 3.32. The maximum absolute atomic E-state index is 6.05. The third-order valence-electron chi connectivity index (χ3n) is 2.12. The molecule has 0 amide bonds. The molecule has 0 bridgehead atoms. The van der Waals surface area contributed by atoms with Gasteiger partial charge in [0.15, 0.2) is 0 Å². The van der Waals surface area contributed by atoms with Crippen molar-refractivity contribution >= 4 is 11.3 Å². The Kier molecular flexibility index (Phi) is 4.58.